The molecule has 1 aromatic carbocycles. The number of piperidine rings is 1. The molecule has 1 saturated heterocycles. The molecule has 0 spiro atoms. The number of hydrogen-bond donors (Lipinski definition) is 4. The third-order valence-corrected chi connectivity index (χ3v) is 9.51. The van der Waals surface area contributed by atoms with Crippen molar-refractivity contribution in [2.45, 2.75) is 115 Å². The predicted molar refractivity (Wildman–Crippen MR) is 156 cm³/mol. The van der Waals surface area contributed by atoms with Crippen LogP contribution in [0.25, 0.3) is 0 Å². The lowest BCUT2D eigenvalue weighted by molar-refractivity contribution is -0.137. The van der Waals surface area contributed by atoms with Crippen molar-refractivity contribution in [1.29, 1.82) is 0 Å². The lowest BCUT2D eigenvalue weighted by Crippen LogP contribution is -2.52. The number of carbonyl (C=O) groups is 2. The monoisotopic (exact) mass is 540 g/mol. The van der Waals surface area contributed by atoms with Crippen LogP contribution in [0.4, 0.5) is 0 Å². The Bertz CT molecular complexity index is 883. The van der Waals surface area contributed by atoms with E-state index < -0.39 is 6.04 Å². The highest BCUT2D eigenvalue weighted by Crippen LogP contribution is 2.35. The van der Waals surface area contributed by atoms with Crippen LogP contribution in [-0.2, 0) is 16.0 Å². The SMILES string of the molecule is CCCC(=O)N[C@@H](Cc1ccc(O)cc1)C(=O)N1CCC(CNC2CCC(CC3CCC(N)CC3)CC2)CC1. The van der Waals surface area contributed by atoms with E-state index in [9.17, 15) is 14.7 Å². The van der Waals surface area contributed by atoms with E-state index in [-0.39, 0.29) is 17.6 Å². The van der Waals surface area contributed by atoms with Crippen molar-refractivity contribution in [3.05, 3.63) is 29.8 Å². The average Bonchev–Trinajstić information content (AvgIpc) is 2.95. The molecule has 3 aliphatic rings. The van der Waals surface area contributed by atoms with Crippen LogP contribution in [0, 0.1) is 17.8 Å². The lowest BCUT2D eigenvalue weighted by Gasteiger charge is -2.36. The second kappa shape index (κ2) is 15.0. The molecule has 1 atom stereocenters. The fourth-order valence-electron chi connectivity index (χ4n) is 6.97. The van der Waals surface area contributed by atoms with Crippen molar-refractivity contribution in [1.82, 2.24) is 15.5 Å². The number of rotatable bonds is 11. The van der Waals surface area contributed by atoms with Gasteiger partial charge in [-0.2, -0.15) is 0 Å². The minimum Gasteiger partial charge on any atom is -0.508 e. The molecule has 0 unspecified atom stereocenters. The molecule has 0 radical (unpaired) electrons. The third kappa shape index (κ3) is 9.49. The summed E-state index contributed by atoms with van der Waals surface area (Å²) in [7, 11) is 0. The second-order valence-electron chi connectivity index (χ2n) is 12.7. The van der Waals surface area contributed by atoms with Crippen LogP contribution in [0.5, 0.6) is 5.75 Å². The zero-order chi connectivity index (χ0) is 27.6. The molecule has 2 aliphatic carbocycles. The molecule has 0 bridgehead atoms. The molecule has 3 fully saturated rings. The number of nitrogens with one attached hydrogen (secondary N) is 2. The Labute approximate surface area is 235 Å². The molecule has 1 heterocycles. The first kappa shape index (κ1) is 29.9. The summed E-state index contributed by atoms with van der Waals surface area (Å²) in [6.45, 7) is 4.51. The summed E-state index contributed by atoms with van der Waals surface area (Å²) >= 11 is 0. The summed E-state index contributed by atoms with van der Waals surface area (Å²) in [5.74, 6) is 2.55. The number of likely N-dealkylation sites (tertiary alicyclic amines) is 1. The van der Waals surface area contributed by atoms with Crippen molar-refractivity contribution >= 4 is 11.8 Å². The molecule has 4 rings (SSSR count). The molecule has 1 aromatic rings. The Morgan fingerprint density at radius 2 is 1.54 bits per heavy atom. The van der Waals surface area contributed by atoms with Gasteiger partial charge in [-0.05, 0) is 119 Å². The summed E-state index contributed by atoms with van der Waals surface area (Å²) < 4.78 is 0. The van der Waals surface area contributed by atoms with Crippen molar-refractivity contribution in [2.75, 3.05) is 19.6 Å². The van der Waals surface area contributed by atoms with Gasteiger partial charge >= 0.3 is 0 Å². The quantitative estimate of drug-likeness (QED) is 0.330. The molecular weight excluding hydrogens is 488 g/mol. The van der Waals surface area contributed by atoms with E-state index in [1.54, 1.807) is 12.1 Å². The molecule has 7 nitrogen and oxygen atoms in total. The first-order chi connectivity index (χ1) is 18.9. The lowest BCUT2D eigenvalue weighted by atomic mass is 9.76. The van der Waals surface area contributed by atoms with E-state index in [0.29, 0.717) is 30.8 Å². The second-order valence-corrected chi connectivity index (χ2v) is 12.7. The van der Waals surface area contributed by atoms with Crippen molar-refractivity contribution in [3.63, 3.8) is 0 Å². The number of amides is 2. The summed E-state index contributed by atoms with van der Waals surface area (Å²) in [6, 6.07) is 7.42. The van der Waals surface area contributed by atoms with Gasteiger partial charge in [0, 0.05) is 38.0 Å². The minimum absolute atomic E-state index is 0.0113. The molecule has 39 heavy (non-hydrogen) atoms. The van der Waals surface area contributed by atoms with E-state index in [0.717, 1.165) is 56.3 Å². The molecule has 2 saturated carbocycles. The van der Waals surface area contributed by atoms with Gasteiger partial charge in [-0.1, -0.05) is 19.1 Å². The highest BCUT2D eigenvalue weighted by Gasteiger charge is 2.30. The number of hydrogen-bond acceptors (Lipinski definition) is 5. The minimum atomic E-state index is -0.566. The molecule has 218 valence electrons. The van der Waals surface area contributed by atoms with Crippen LogP contribution in [0.3, 0.4) is 0 Å². The summed E-state index contributed by atoms with van der Waals surface area (Å²) in [6.07, 6.45) is 15.5. The maximum atomic E-state index is 13.5. The number of benzene rings is 1. The normalized spacial score (nSPS) is 27.2. The number of phenols is 1. The Morgan fingerprint density at radius 1 is 0.923 bits per heavy atom. The summed E-state index contributed by atoms with van der Waals surface area (Å²) in [5.41, 5.74) is 7.02. The zero-order valence-electron chi connectivity index (χ0n) is 24.1. The van der Waals surface area contributed by atoms with Crippen molar-refractivity contribution in [3.8, 4) is 5.75 Å². The Hall–Kier alpha value is -2.12. The summed E-state index contributed by atoms with van der Waals surface area (Å²) in [5, 5.41) is 16.4. The standard InChI is InChI=1S/C32H52N4O3/c1-2-3-31(38)35-30(21-25-8-14-29(37)15-9-25)32(39)36-18-16-26(17-19-36)22-34-28-12-6-24(7-13-28)20-23-4-10-27(33)11-5-23/h8-9,14-15,23-24,26-28,30,34,37H,2-7,10-13,16-22,33H2,1H3,(H,35,38)/t23?,24?,27?,28?,30-/m0/s1. The molecular formula is C32H52N4O3. The third-order valence-electron chi connectivity index (χ3n) is 9.51. The highest BCUT2D eigenvalue weighted by atomic mass is 16.3. The number of aromatic hydroxyl groups is 1. The largest absolute Gasteiger partial charge is 0.508 e. The Kier molecular flexibility index (Phi) is 11.5. The van der Waals surface area contributed by atoms with Gasteiger partial charge in [-0.3, -0.25) is 9.59 Å². The molecule has 1 aliphatic heterocycles. The van der Waals surface area contributed by atoms with Gasteiger partial charge in [0.15, 0.2) is 0 Å². The molecule has 2 amide bonds. The van der Waals surface area contributed by atoms with Crippen LogP contribution >= 0.6 is 0 Å². The van der Waals surface area contributed by atoms with Crippen molar-refractivity contribution < 1.29 is 14.7 Å². The maximum Gasteiger partial charge on any atom is 0.245 e. The van der Waals surface area contributed by atoms with Gasteiger partial charge in [0.1, 0.15) is 11.8 Å². The van der Waals surface area contributed by atoms with Crippen LogP contribution in [0.2, 0.25) is 0 Å². The van der Waals surface area contributed by atoms with Gasteiger partial charge in [0.2, 0.25) is 11.8 Å². The average molecular weight is 541 g/mol. The number of nitrogens with two attached hydrogens (primary N) is 1. The number of phenolic OH excluding ortho intramolecular Hbond substituents is 1. The van der Waals surface area contributed by atoms with Crippen LogP contribution < -0.4 is 16.4 Å². The summed E-state index contributed by atoms with van der Waals surface area (Å²) in [4.78, 5) is 27.8. The number of carbonyl (C=O) groups excluding carboxylic acids is 2. The fraction of sp³-hybridized carbons (Fsp3) is 0.750. The smallest absolute Gasteiger partial charge is 0.245 e. The van der Waals surface area contributed by atoms with Crippen LogP contribution in [0.1, 0.15) is 96.0 Å². The van der Waals surface area contributed by atoms with Gasteiger partial charge in [0.05, 0.1) is 0 Å². The number of nitrogens with zero attached hydrogens (tertiary/aromatic N) is 1. The zero-order valence-corrected chi connectivity index (χ0v) is 24.1. The molecule has 0 aromatic heterocycles. The first-order valence-corrected chi connectivity index (χ1v) is 15.7. The van der Waals surface area contributed by atoms with E-state index in [1.807, 2.05) is 24.0 Å². The van der Waals surface area contributed by atoms with E-state index in [1.165, 1.54) is 57.8 Å². The first-order valence-electron chi connectivity index (χ1n) is 15.7. The molecule has 7 heteroatoms. The maximum absolute atomic E-state index is 13.5. The van der Waals surface area contributed by atoms with Gasteiger partial charge < -0.3 is 26.4 Å². The van der Waals surface area contributed by atoms with Crippen LogP contribution in [-0.4, -0.2) is 59.6 Å². The fourth-order valence-corrected chi connectivity index (χ4v) is 6.97. The Balaban J connectivity index is 1.17. The van der Waals surface area contributed by atoms with E-state index >= 15 is 0 Å². The van der Waals surface area contributed by atoms with Crippen molar-refractivity contribution in [2.24, 2.45) is 23.5 Å². The van der Waals surface area contributed by atoms with Gasteiger partial charge in [-0.15, -0.1) is 0 Å². The topological polar surface area (TPSA) is 108 Å². The van der Waals surface area contributed by atoms with E-state index in [2.05, 4.69) is 10.6 Å². The van der Waals surface area contributed by atoms with Crippen LogP contribution in [0.15, 0.2) is 24.3 Å². The van der Waals surface area contributed by atoms with Gasteiger partial charge in [-0.25, -0.2) is 0 Å². The van der Waals surface area contributed by atoms with E-state index in [4.69, 9.17) is 5.73 Å². The predicted octanol–water partition coefficient (Wildman–Crippen LogP) is 4.51. The molecule has 5 N–H and O–H groups in total. The Morgan fingerprint density at radius 3 is 2.15 bits per heavy atom. The van der Waals surface area contributed by atoms with Gasteiger partial charge in [0.25, 0.3) is 0 Å². The highest BCUT2D eigenvalue weighted by molar-refractivity contribution is 5.88.